The van der Waals surface area contributed by atoms with Crippen molar-refractivity contribution in [1.29, 1.82) is 0 Å². The molecule has 0 radical (unpaired) electrons. The minimum atomic E-state index is 0.263. The van der Waals surface area contributed by atoms with Crippen molar-refractivity contribution in [2.24, 2.45) is 5.41 Å². The Balaban J connectivity index is 2.74. The zero-order valence-electron chi connectivity index (χ0n) is 14.6. The van der Waals surface area contributed by atoms with E-state index in [0.717, 1.165) is 23.8 Å². The van der Waals surface area contributed by atoms with Crippen molar-refractivity contribution in [2.75, 3.05) is 17.6 Å². The van der Waals surface area contributed by atoms with Gasteiger partial charge in [-0.3, -0.25) is 0 Å². The SMILES string of the molecule is CCCCCC(C)(C)CNc1nc(C(C)C)nc(N)c1C. The molecule has 0 amide bonds. The van der Waals surface area contributed by atoms with Crippen LogP contribution >= 0.6 is 0 Å². The fourth-order valence-electron chi connectivity index (χ4n) is 2.25. The van der Waals surface area contributed by atoms with E-state index in [4.69, 9.17) is 5.73 Å². The maximum absolute atomic E-state index is 6.01. The molecule has 3 N–H and O–H groups in total. The largest absolute Gasteiger partial charge is 0.383 e. The lowest BCUT2D eigenvalue weighted by atomic mass is 9.87. The molecular formula is C17H32N4. The van der Waals surface area contributed by atoms with Gasteiger partial charge in [0.1, 0.15) is 17.5 Å². The van der Waals surface area contributed by atoms with E-state index >= 15 is 0 Å². The number of rotatable bonds is 8. The molecule has 0 fully saturated rings. The summed E-state index contributed by atoms with van der Waals surface area (Å²) in [7, 11) is 0. The first-order valence-corrected chi connectivity index (χ1v) is 8.14. The summed E-state index contributed by atoms with van der Waals surface area (Å²) in [5.41, 5.74) is 7.22. The predicted molar refractivity (Wildman–Crippen MR) is 91.7 cm³/mol. The molecule has 0 unspecified atom stereocenters. The number of nitrogen functional groups attached to an aromatic ring is 1. The van der Waals surface area contributed by atoms with Gasteiger partial charge in [0.25, 0.3) is 0 Å². The molecule has 0 saturated heterocycles. The van der Waals surface area contributed by atoms with Crippen molar-refractivity contribution in [3.63, 3.8) is 0 Å². The topological polar surface area (TPSA) is 63.8 Å². The monoisotopic (exact) mass is 292 g/mol. The Morgan fingerprint density at radius 1 is 1.19 bits per heavy atom. The average Bonchev–Trinajstić information content (AvgIpc) is 2.40. The molecule has 0 aliphatic rings. The molecule has 120 valence electrons. The summed E-state index contributed by atoms with van der Waals surface area (Å²) >= 11 is 0. The number of nitrogens with two attached hydrogens (primary N) is 1. The van der Waals surface area contributed by atoms with Crippen LogP contribution in [0.25, 0.3) is 0 Å². The average molecular weight is 292 g/mol. The Bertz CT molecular complexity index is 452. The number of nitrogens with one attached hydrogen (secondary N) is 1. The first-order chi connectivity index (χ1) is 9.76. The van der Waals surface area contributed by atoms with Gasteiger partial charge in [-0.15, -0.1) is 0 Å². The van der Waals surface area contributed by atoms with Gasteiger partial charge in [-0.25, -0.2) is 9.97 Å². The lowest BCUT2D eigenvalue weighted by Gasteiger charge is -2.26. The second-order valence-corrected chi connectivity index (χ2v) is 7.07. The first-order valence-electron chi connectivity index (χ1n) is 8.14. The molecule has 1 aromatic rings. The van der Waals surface area contributed by atoms with Gasteiger partial charge >= 0.3 is 0 Å². The normalized spacial score (nSPS) is 12.0. The Labute approximate surface area is 130 Å². The third-order valence-electron chi connectivity index (χ3n) is 3.91. The molecule has 0 bridgehead atoms. The number of hydrogen-bond donors (Lipinski definition) is 2. The van der Waals surface area contributed by atoms with Crippen LogP contribution in [-0.2, 0) is 0 Å². The van der Waals surface area contributed by atoms with E-state index in [1.807, 2.05) is 6.92 Å². The standard InChI is InChI=1S/C17H32N4/c1-7-8-9-10-17(5,6)11-19-16-13(4)14(18)20-15(21-16)12(2)3/h12H,7-11H2,1-6H3,(H3,18,19,20,21). The zero-order valence-corrected chi connectivity index (χ0v) is 14.6. The quantitative estimate of drug-likeness (QED) is 0.692. The third-order valence-corrected chi connectivity index (χ3v) is 3.91. The van der Waals surface area contributed by atoms with Crippen LogP contribution in [0, 0.1) is 12.3 Å². The summed E-state index contributed by atoms with van der Waals surface area (Å²) in [5, 5.41) is 3.49. The fraction of sp³-hybridized carbons (Fsp3) is 0.765. The van der Waals surface area contributed by atoms with E-state index in [1.165, 1.54) is 25.7 Å². The van der Waals surface area contributed by atoms with Gasteiger partial charge in [-0.1, -0.05) is 53.9 Å². The molecule has 4 heteroatoms. The third kappa shape index (κ3) is 5.52. The number of aromatic nitrogens is 2. The highest BCUT2D eigenvalue weighted by molar-refractivity contribution is 5.55. The second-order valence-electron chi connectivity index (χ2n) is 7.07. The van der Waals surface area contributed by atoms with Crippen LogP contribution in [0.2, 0.25) is 0 Å². The molecule has 0 aliphatic carbocycles. The number of nitrogens with zero attached hydrogens (tertiary/aromatic N) is 2. The van der Waals surface area contributed by atoms with Crippen LogP contribution in [0.15, 0.2) is 0 Å². The van der Waals surface area contributed by atoms with Crippen LogP contribution in [0.4, 0.5) is 11.6 Å². The Hall–Kier alpha value is -1.32. The lowest BCUT2D eigenvalue weighted by Crippen LogP contribution is -2.24. The van der Waals surface area contributed by atoms with Gasteiger partial charge in [-0.2, -0.15) is 0 Å². The molecule has 4 nitrogen and oxygen atoms in total. The van der Waals surface area contributed by atoms with Gasteiger partial charge in [0.2, 0.25) is 0 Å². The summed E-state index contributed by atoms with van der Waals surface area (Å²) in [4.78, 5) is 8.99. The van der Waals surface area contributed by atoms with E-state index in [9.17, 15) is 0 Å². The van der Waals surface area contributed by atoms with E-state index in [1.54, 1.807) is 0 Å². The molecule has 1 heterocycles. The van der Waals surface area contributed by atoms with E-state index < -0.39 is 0 Å². The van der Waals surface area contributed by atoms with Crippen LogP contribution in [0.3, 0.4) is 0 Å². The Morgan fingerprint density at radius 2 is 1.86 bits per heavy atom. The van der Waals surface area contributed by atoms with Crippen LogP contribution in [0.1, 0.15) is 77.6 Å². The molecule has 21 heavy (non-hydrogen) atoms. The van der Waals surface area contributed by atoms with Gasteiger partial charge in [0.05, 0.1) is 0 Å². The molecule has 0 aliphatic heterocycles. The zero-order chi connectivity index (χ0) is 16.0. The highest BCUT2D eigenvalue weighted by Gasteiger charge is 2.19. The summed E-state index contributed by atoms with van der Waals surface area (Å²) in [6.07, 6.45) is 5.08. The van der Waals surface area contributed by atoms with E-state index in [-0.39, 0.29) is 11.3 Å². The molecule has 0 aromatic carbocycles. The summed E-state index contributed by atoms with van der Waals surface area (Å²) in [6.45, 7) is 13.9. The first kappa shape index (κ1) is 17.7. The highest BCUT2D eigenvalue weighted by Crippen LogP contribution is 2.26. The Morgan fingerprint density at radius 3 is 2.43 bits per heavy atom. The number of hydrogen-bond acceptors (Lipinski definition) is 4. The fourth-order valence-corrected chi connectivity index (χ4v) is 2.25. The number of anilines is 2. The van der Waals surface area contributed by atoms with E-state index in [0.29, 0.717) is 5.82 Å². The van der Waals surface area contributed by atoms with Crippen molar-refractivity contribution < 1.29 is 0 Å². The Kier molecular flexibility index (Phi) is 6.43. The van der Waals surface area contributed by atoms with Gasteiger partial charge in [0.15, 0.2) is 0 Å². The van der Waals surface area contributed by atoms with Gasteiger partial charge in [0, 0.05) is 18.0 Å². The summed E-state index contributed by atoms with van der Waals surface area (Å²) < 4.78 is 0. The minimum Gasteiger partial charge on any atom is -0.383 e. The van der Waals surface area contributed by atoms with Crippen molar-refractivity contribution in [2.45, 2.75) is 73.1 Å². The summed E-state index contributed by atoms with van der Waals surface area (Å²) in [5.74, 6) is 2.56. The molecule has 1 aromatic heterocycles. The number of unbranched alkanes of at least 4 members (excludes halogenated alkanes) is 2. The maximum Gasteiger partial charge on any atom is 0.135 e. The molecular weight excluding hydrogens is 260 g/mol. The molecule has 0 saturated carbocycles. The van der Waals surface area contributed by atoms with Crippen LogP contribution in [-0.4, -0.2) is 16.5 Å². The lowest BCUT2D eigenvalue weighted by molar-refractivity contribution is 0.342. The van der Waals surface area contributed by atoms with Crippen LogP contribution in [0.5, 0.6) is 0 Å². The van der Waals surface area contributed by atoms with Crippen LogP contribution < -0.4 is 11.1 Å². The van der Waals surface area contributed by atoms with E-state index in [2.05, 4.69) is 49.9 Å². The molecule has 1 rings (SSSR count). The predicted octanol–water partition coefficient (Wildman–Crippen LogP) is 4.51. The van der Waals surface area contributed by atoms with Crippen molar-refractivity contribution in [1.82, 2.24) is 9.97 Å². The smallest absolute Gasteiger partial charge is 0.135 e. The second kappa shape index (κ2) is 7.62. The minimum absolute atomic E-state index is 0.263. The molecule has 0 spiro atoms. The maximum atomic E-state index is 6.01. The van der Waals surface area contributed by atoms with Crippen molar-refractivity contribution in [3.8, 4) is 0 Å². The van der Waals surface area contributed by atoms with Gasteiger partial charge < -0.3 is 11.1 Å². The van der Waals surface area contributed by atoms with Crippen molar-refractivity contribution in [3.05, 3.63) is 11.4 Å². The van der Waals surface area contributed by atoms with Gasteiger partial charge in [-0.05, 0) is 18.8 Å². The highest BCUT2D eigenvalue weighted by atomic mass is 15.1. The summed E-state index contributed by atoms with van der Waals surface area (Å²) in [6, 6.07) is 0. The molecule has 0 atom stereocenters. The van der Waals surface area contributed by atoms with Crippen molar-refractivity contribution >= 4 is 11.6 Å².